The van der Waals surface area contributed by atoms with Crippen molar-refractivity contribution in [3.8, 4) is 5.75 Å². The van der Waals surface area contributed by atoms with Crippen molar-refractivity contribution in [2.75, 3.05) is 19.1 Å². The number of thioether (sulfide) groups is 2. The van der Waals surface area contributed by atoms with E-state index in [0.717, 1.165) is 41.4 Å². The fourth-order valence-corrected chi connectivity index (χ4v) is 3.29. The Kier molecular flexibility index (Phi) is 7.79. The molecule has 0 amide bonds. The van der Waals surface area contributed by atoms with Crippen LogP contribution in [-0.4, -0.2) is 31.2 Å². The molecule has 2 rings (SSSR count). The van der Waals surface area contributed by atoms with Crippen molar-refractivity contribution in [2.45, 2.75) is 25.6 Å². The number of ketones is 1. The Hall–Kier alpha value is -1.17. The van der Waals surface area contributed by atoms with Gasteiger partial charge in [0.1, 0.15) is 5.75 Å². The van der Waals surface area contributed by atoms with E-state index < -0.39 is 0 Å². The van der Waals surface area contributed by atoms with Gasteiger partial charge in [0.15, 0.2) is 12.1 Å². The summed E-state index contributed by atoms with van der Waals surface area (Å²) in [5, 5.41) is 0. The second kappa shape index (κ2) is 9.85. The summed E-state index contributed by atoms with van der Waals surface area (Å²) in [6.07, 6.45) is 12.1. The van der Waals surface area contributed by atoms with Crippen molar-refractivity contribution < 1.29 is 14.3 Å². The number of carbonyl (C=O) groups is 1. The van der Waals surface area contributed by atoms with Crippen molar-refractivity contribution in [1.29, 1.82) is 0 Å². The predicted octanol–water partition coefficient (Wildman–Crippen LogP) is 4.74. The summed E-state index contributed by atoms with van der Waals surface area (Å²) >= 11 is 3.16. The zero-order valence-electron chi connectivity index (χ0n) is 13.5. The van der Waals surface area contributed by atoms with Crippen molar-refractivity contribution >= 4 is 35.4 Å². The summed E-state index contributed by atoms with van der Waals surface area (Å²) in [6, 6.07) is 7.70. The van der Waals surface area contributed by atoms with Gasteiger partial charge in [-0.2, -0.15) is 0 Å². The van der Waals surface area contributed by atoms with Crippen LogP contribution in [0.5, 0.6) is 5.75 Å². The minimum absolute atomic E-state index is 0.000341. The van der Waals surface area contributed by atoms with Crippen LogP contribution in [0.1, 0.15) is 24.8 Å². The molecule has 1 atom stereocenters. The predicted molar refractivity (Wildman–Crippen MR) is 99.8 cm³/mol. The molecule has 5 heteroatoms. The number of ether oxygens (including phenoxy) is 2. The van der Waals surface area contributed by atoms with Gasteiger partial charge in [0, 0.05) is 16.7 Å². The lowest BCUT2D eigenvalue weighted by Gasteiger charge is -2.23. The Balaban J connectivity index is 1.90. The van der Waals surface area contributed by atoms with Gasteiger partial charge in [-0.1, -0.05) is 18.2 Å². The molecule has 0 N–H and O–H groups in total. The lowest BCUT2D eigenvalue weighted by Crippen LogP contribution is -2.24. The van der Waals surface area contributed by atoms with Gasteiger partial charge in [-0.15, -0.1) is 23.5 Å². The average molecular weight is 351 g/mol. The maximum atomic E-state index is 11.8. The van der Waals surface area contributed by atoms with Gasteiger partial charge in [-0.3, -0.25) is 4.79 Å². The van der Waals surface area contributed by atoms with Crippen LogP contribution in [0.15, 0.2) is 40.7 Å². The molecule has 0 bridgehead atoms. The molecule has 1 heterocycles. The Morgan fingerprint density at radius 2 is 1.96 bits per heavy atom. The zero-order valence-corrected chi connectivity index (χ0v) is 15.1. The molecular formula is C18H22O3S2. The van der Waals surface area contributed by atoms with Crippen LogP contribution in [0.2, 0.25) is 0 Å². The van der Waals surface area contributed by atoms with E-state index in [0.29, 0.717) is 0 Å². The summed E-state index contributed by atoms with van der Waals surface area (Å²) in [6.45, 7) is 0.773. The minimum atomic E-state index is -0.131. The monoisotopic (exact) mass is 350 g/mol. The molecular weight excluding hydrogens is 328 g/mol. The second-order valence-corrected chi connectivity index (χ2v) is 7.04. The fourth-order valence-electron chi connectivity index (χ4n) is 2.16. The molecule has 1 aromatic carbocycles. The lowest BCUT2D eigenvalue weighted by molar-refractivity contribution is -0.110. The highest BCUT2D eigenvalue weighted by Crippen LogP contribution is 2.23. The van der Waals surface area contributed by atoms with Gasteiger partial charge >= 0.3 is 0 Å². The van der Waals surface area contributed by atoms with Crippen molar-refractivity contribution in [2.24, 2.45) is 0 Å². The number of allylic oxidation sites excluding steroid dienone is 2. The van der Waals surface area contributed by atoms with E-state index in [-0.39, 0.29) is 12.1 Å². The van der Waals surface area contributed by atoms with E-state index in [1.807, 2.05) is 42.9 Å². The summed E-state index contributed by atoms with van der Waals surface area (Å²) < 4.78 is 12.4. The largest absolute Gasteiger partial charge is 0.465 e. The van der Waals surface area contributed by atoms with E-state index in [9.17, 15) is 4.79 Å². The summed E-state index contributed by atoms with van der Waals surface area (Å²) in [5.74, 6) is 0.798. The van der Waals surface area contributed by atoms with Crippen LogP contribution in [0.25, 0.3) is 6.08 Å². The van der Waals surface area contributed by atoms with Crippen LogP contribution >= 0.6 is 23.5 Å². The molecule has 0 radical (unpaired) electrons. The highest BCUT2D eigenvalue weighted by Gasteiger charge is 2.14. The number of hydrogen-bond acceptors (Lipinski definition) is 5. The average Bonchev–Trinajstić information content (AvgIpc) is 2.60. The first-order chi connectivity index (χ1) is 11.2. The van der Waals surface area contributed by atoms with Gasteiger partial charge in [0.25, 0.3) is 0 Å². The van der Waals surface area contributed by atoms with Crippen LogP contribution in [-0.2, 0) is 9.53 Å². The lowest BCUT2D eigenvalue weighted by atomic mass is 10.2. The van der Waals surface area contributed by atoms with Crippen LogP contribution in [0.3, 0.4) is 0 Å². The van der Waals surface area contributed by atoms with Gasteiger partial charge in [0.05, 0.1) is 6.61 Å². The molecule has 1 saturated heterocycles. The van der Waals surface area contributed by atoms with Crippen molar-refractivity contribution in [3.63, 3.8) is 0 Å². The Labute approximate surface area is 146 Å². The number of benzene rings is 1. The summed E-state index contributed by atoms with van der Waals surface area (Å²) in [4.78, 5) is 11.8. The molecule has 0 aliphatic carbocycles. The Bertz CT molecular complexity index is 552. The molecule has 0 saturated carbocycles. The zero-order chi connectivity index (χ0) is 16.5. The molecule has 1 unspecified atom stereocenters. The van der Waals surface area contributed by atoms with Crippen LogP contribution in [0, 0.1) is 0 Å². The van der Waals surface area contributed by atoms with Crippen LogP contribution in [0.4, 0.5) is 0 Å². The first kappa shape index (κ1) is 18.2. The number of hydrogen-bond donors (Lipinski definition) is 0. The highest BCUT2D eigenvalue weighted by molar-refractivity contribution is 8.21. The fraction of sp³-hybridized carbons (Fsp3) is 0.389. The molecule has 0 spiro atoms. The van der Waals surface area contributed by atoms with Gasteiger partial charge in [0.2, 0.25) is 0 Å². The van der Waals surface area contributed by atoms with Crippen molar-refractivity contribution in [3.05, 3.63) is 46.2 Å². The van der Waals surface area contributed by atoms with E-state index in [4.69, 9.17) is 9.47 Å². The summed E-state index contributed by atoms with van der Waals surface area (Å²) in [7, 11) is 0. The topological polar surface area (TPSA) is 35.5 Å². The maximum Gasteiger partial charge on any atom is 0.199 e. The smallest absolute Gasteiger partial charge is 0.199 e. The quantitative estimate of drug-likeness (QED) is 0.664. The van der Waals surface area contributed by atoms with Gasteiger partial charge < -0.3 is 9.47 Å². The van der Waals surface area contributed by atoms with E-state index >= 15 is 0 Å². The molecule has 0 aromatic heterocycles. The molecule has 124 valence electrons. The SMILES string of the molecule is CSC(=CC(=O)/C=C/c1ccc(OC2CCCCO2)cc1)SC. The van der Waals surface area contributed by atoms with E-state index in [1.54, 1.807) is 35.7 Å². The third-order valence-corrected chi connectivity index (χ3v) is 5.43. The van der Waals surface area contributed by atoms with Gasteiger partial charge in [-0.05, 0) is 49.1 Å². The third kappa shape index (κ3) is 6.45. The molecule has 3 nitrogen and oxygen atoms in total. The number of rotatable bonds is 7. The molecule has 1 aliphatic rings. The first-order valence-corrected chi connectivity index (χ1v) is 10.1. The minimum Gasteiger partial charge on any atom is -0.465 e. The number of carbonyl (C=O) groups excluding carboxylic acids is 1. The first-order valence-electron chi connectivity index (χ1n) is 7.61. The van der Waals surface area contributed by atoms with E-state index in [2.05, 4.69) is 0 Å². The second-order valence-electron chi connectivity index (χ2n) is 5.09. The van der Waals surface area contributed by atoms with Crippen molar-refractivity contribution in [1.82, 2.24) is 0 Å². The highest BCUT2D eigenvalue weighted by atomic mass is 32.2. The van der Waals surface area contributed by atoms with Crippen LogP contribution < -0.4 is 4.74 Å². The molecule has 1 fully saturated rings. The standard InChI is InChI=1S/C18H22O3S2/c1-22-18(23-2)13-15(19)9-6-14-7-10-16(11-8-14)21-17-5-3-4-12-20-17/h6-11,13,17H,3-5,12H2,1-2H3/b9-6+. The van der Waals surface area contributed by atoms with E-state index in [1.165, 1.54) is 0 Å². The third-order valence-electron chi connectivity index (χ3n) is 3.39. The Morgan fingerprint density at radius 3 is 2.57 bits per heavy atom. The normalized spacial score (nSPS) is 17.9. The molecule has 1 aromatic rings. The van der Waals surface area contributed by atoms with Gasteiger partial charge in [-0.25, -0.2) is 0 Å². The molecule has 1 aliphatic heterocycles. The Morgan fingerprint density at radius 1 is 1.22 bits per heavy atom. The maximum absolute atomic E-state index is 11.8. The molecule has 23 heavy (non-hydrogen) atoms. The summed E-state index contributed by atoms with van der Waals surface area (Å²) in [5.41, 5.74) is 0.971.